The number of piperidine rings is 1. The summed E-state index contributed by atoms with van der Waals surface area (Å²) in [7, 11) is 1.64. The largest absolute Gasteiger partial charge is 0.496 e. The maximum absolute atomic E-state index is 13.0. The van der Waals surface area contributed by atoms with E-state index >= 15 is 0 Å². The third kappa shape index (κ3) is 4.27. The monoisotopic (exact) mass is 408 g/mol. The Morgan fingerprint density at radius 2 is 1.70 bits per heavy atom. The van der Waals surface area contributed by atoms with Gasteiger partial charge in [0, 0.05) is 25.2 Å². The minimum absolute atomic E-state index is 0.0814. The SMILES string of the molecule is COc1ccccc1C1(C(=O)NCC2CCN(C(=O)Oc3ccccc3)CC2)CC1. The Kier molecular flexibility index (Phi) is 5.93. The number of ether oxygens (including phenoxy) is 2. The second kappa shape index (κ2) is 8.78. The summed E-state index contributed by atoms with van der Waals surface area (Å²) in [4.78, 5) is 27.0. The first kappa shape index (κ1) is 20.3. The van der Waals surface area contributed by atoms with E-state index in [0.717, 1.165) is 37.0 Å². The van der Waals surface area contributed by atoms with Gasteiger partial charge in [0.2, 0.25) is 5.91 Å². The molecule has 4 rings (SSSR count). The fraction of sp³-hybridized carbons (Fsp3) is 0.417. The lowest BCUT2D eigenvalue weighted by Crippen LogP contribution is -2.44. The molecule has 2 fully saturated rings. The van der Waals surface area contributed by atoms with Gasteiger partial charge < -0.3 is 19.7 Å². The molecule has 1 N–H and O–H groups in total. The fourth-order valence-electron chi connectivity index (χ4n) is 4.16. The average Bonchev–Trinajstić information content (AvgIpc) is 3.60. The van der Waals surface area contributed by atoms with Crippen LogP contribution in [0, 0.1) is 5.92 Å². The van der Waals surface area contributed by atoms with Crippen LogP contribution in [0.15, 0.2) is 54.6 Å². The number of amides is 2. The standard InChI is InChI=1S/C24H28N2O4/c1-29-21-10-6-5-9-20(21)24(13-14-24)22(27)25-17-18-11-15-26(16-12-18)23(28)30-19-7-3-2-4-8-19/h2-10,18H,11-17H2,1H3,(H,25,27). The zero-order valence-corrected chi connectivity index (χ0v) is 17.3. The number of hydrogen-bond acceptors (Lipinski definition) is 4. The smallest absolute Gasteiger partial charge is 0.415 e. The molecule has 2 aliphatic rings. The molecule has 0 radical (unpaired) electrons. The Labute approximate surface area is 177 Å². The number of carbonyl (C=O) groups is 2. The summed E-state index contributed by atoms with van der Waals surface area (Å²) >= 11 is 0. The van der Waals surface area contributed by atoms with Crippen molar-refractivity contribution in [3.05, 3.63) is 60.2 Å². The van der Waals surface area contributed by atoms with Crippen LogP contribution in [0.25, 0.3) is 0 Å². The van der Waals surface area contributed by atoms with Gasteiger partial charge in [0.05, 0.1) is 12.5 Å². The molecule has 0 aromatic heterocycles. The Morgan fingerprint density at radius 1 is 1.03 bits per heavy atom. The van der Waals surface area contributed by atoms with E-state index in [1.54, 1.807) is 24.1 Å². The van der Waals surface area contributed by atoms with Gasteiger partial charge >= 0.3 is 6.09 Å². The Morgan fingerprint density at radius 3 is 2.37 bits per heavy atom. The van der Waals surface area contributed by atoms with Crippen LogP contribution >= 0.6 is 0 Å². The number of para-hydroxylation sites is 2. The highest BCUT2D eigenvalue weighted by molar-refractivity contribution is 5.92. The lowest BCUT2D eigenvalue weighted by atomic mass is 9.92. The van der Waals surface area contributed by atoms with Crippen LogP contribution in [0.5, 0.6) is 11.5 Å². The zero-order chi connectivity index (χ0) is 21.0. The minimum atomic E-state index is -0.452. The van der Waals surface area contributed by atoms with Crippen molar-refractivity contribution in [1.29, 1.82) is 0 Å². The predicted octanol–water partition coefficient (Wildman–Crippen LogP) is 3.75. The van der Waals surface area contributed by atoms with Crippen molar-refractivity contribution in [3.63, 3.8) is 0 Å². The summed E-state index contributed by atoms with van der Waals surface area (Å²) in [6.07, 6.45) is 3.10. The van der Waals surface area contributed by atoms with E-state index in [-0.39, 0.29) is 12.0 Å². The van der Waals surface area contributed by atoms with Gasteiger partial charge in [0.25, 0.3) is 0 Å². The summed E-state index contributed by atoms with van der Waals surface area (Å²) in [6, 6.07) is 16.9. The first-order chi connectivity index (χ1) is 14.6. The topological polar surface area (TPSA) is 67.9 Å². The average molecular weight is 408 g/mol. The summed E-state index contributed by atoms with van der Waals surface area (Å²) in [6.45, 7) is 1.92. The summed E-state index contributed by atoms with van der Waals surface area (Å²) in [5, 5.41) is 3.16. The van der Waals surface area contributed by atoms with E-state index in [9.17, 15) is 9.59 Å². The van der Waals surface area contributed by atoms with E-state index in [2.05, 4.69) is 5.32 Å². The molecule has 2 aromatic rings. The molecule has 30 heavy (non-hydrogen) atoms. The van der Waals surface area contributed by atoms with Crippen molar-refractivity contribution in [3.8, 4) is 11.5 Å². The summed E-state index contributed by atoms with van der Waals surface area (Å²) in [5.74, 6) is 1.78. The molecule has 6 heteroatoms. The third-order valence-corrected chi connectivity index (χ3v) is 6.18. The highest BCUT2D eigenvalue weighted by Crippen LogP contribution is 2.51. The van der Waals surface area contributed by atoms with E-state index < -0.39 is 5.41 Å². The van der Waals surface area contributed by atoms with Crippen LogP contribution in [0.4, 0.5) is 4.79 Å². The first-order valence-electron chi connectivity index (χ1n) is 10.6. The molecule has 1 saturated heterocycles. The molecular formula is C24H28N2O4. The quantitative estimate of drug-likeness (QED) is 0.790. The molecule has 0 atom stereocenters. The molecule has 0 spiro atoms. The van der Waals surface area contributed by atoms with Crippen LogP contribution in [0.3, 0.4) is 0 Å². The number of methoxy groups -OCH3 is 1. The summed E-state index contributed by atoms with van der Waals surface area (Å²) < 4.78 is 10.9. The number of carbonyl (C=O) groups excluding carboxylic acids is 2. The molecule has 1 saturated carbocycles. The van der Waals surface area contributed by atoms with Crippen LogP contribution in [-0.2, 0) is 10.2 Å². The Bertz CT molecular complexity index is 887. The van der Waals surface area contributed by atoms with Gasteiger partial charge in [-0.3, -0.25) is 4.79 Å². The Hall–Kier alpha value is -3.02. The van der Waals surface area contributed by atoms with Crippen molar-refractivity contribution in [2.24, 2.45) is 5.92 Å². The Balaban J connectivity index is 1.26. The van der Waals surface area contributed by atoms with E-state index in [1.165, 1.54) is 0 Å². The van der Waals surface area contributed by atoms with Crippen molar-refractivity contribution in [2.75, 3.05) is 26.7 Å². The number of hydrogen-bond donors (Lipinski definition) is 1. The lowest BCUT2D eigenvalue weighted by Gasteiger charge is -2.31. The van der Waals surface area contributed by atoms with Crippen molar-refractivity contribution < 1.29 is 19.1 Å². The second-order valence-corrected chi connectivity index (χ2v) is 8.10. The number of benzene rings is 2. The maximum Gasteiger partial charge on any atom is 0.415 e. The van der Waals surface area contributed by atoms with Crippen LogP contribution < -0.4 is 14.8 Å². The van der Waals surface area contributed by atoms with Crippen LogP contribution in [0.1, 0.15) is 31.2 Å². The number of likely N-dealkylation sites (tertiary alicyclic amines) is 1. The number of nitrogens with zero attached hydrogens (tertiary/aromatic N) is 1. The molecule has 1 aliphatic carbocycles. The predicted molar refractivity (Wildman–Crippen MR) is 114 cm³/mol. The highest BCUT2D eigenvalue weighted by Gasteiger charge is 2.52. The van der Waals surface area contributed by atoms with Gasteiger partial charge in [-0.05, 0) is 49.8 Å². The highest BCUT2D eigenvalue weighted by atomic mass is 16.6. The number of nitrogens with one attached hydrogen (secondary N) is 1. The minimum Gasteiger partial charge on any atom is -0.496 e. The van der Waals surface area contributed by atoms with E-state index in [1.807, 2.05) is 42.5 Å². The van der Waals surface area contributed by atoms with Gasteiger partial charge in [-0.25, -0.2) is 4.79 Å². The molecule has 2 aromatic carbocycles. The molecular weight excluding hydrogens is 380 g/mol. The summed E-state index contributed by atoms with van der Waals surface area (Å²) in [5.41, 5.74) is 0.524. The molecule has 0 bridgehead atoms. The molecule has 2 amide bonds. The van der Waals surface area contributed by atoms with Crippen molar-refractivity contribution in [1.82, 2.24) is 10.2 Å². The van der Waals surface area contributed by atoms with Crippen LogP contribution in [0.2, 0.25) is 0 Å². The van der Waals surface area contributed by atoms with E-state index in [4.69, 9.17) is 9.47 Å². The zero-order valence-electron chi connectivity index (χ0n) is 17.3. The van der Waals surface area contributed by atoms with E-state index in [0.29, 0.717) is 31.3 Å². The molecule has 0 unspecified atom stereocenters. The second-order valence-electron chi connectivity index (χ2n) is 8.10. The lowest BCUT2D eigenvalue weighted by molar-refractivity contribution is -0.123. The van der Waals surface area contributed by atoms with Gasteiger partial charge in [-0.15, -0.1) is 0 Å². The first-order valence-corrected chi connectivity index (χ1v) is 10.6. The molecule has 1 aliphatic heterocycles. The normalized spacial score (nSPS) is 17.8. The van der Waals surface area contributed by atoms with Gasteiger partial charge in [0.15, 0.2) is 0 Å². The molecule has 1 heterocycles. The van der Waals surface area contributed by atoms with Crippen LogP contribution in [-0.4, -0.2) is 43.6 Å². The third-order valence-electron chi connectivity index (χ3n) is 6.18. The van der Waals surface area contributed by atoms with Gasteiger partial charge in [0.1, 0.15) is 11.5 Å². The molecule has 158 valence electrons. The molecule has 6 nitrogen and oxygen atoms in total. The van der Waals surface area contributed by atoms with Crippen molar-refractivity contribution >= 4 is 12.0 Å². The van der Waals surface area contributed by atoms with Gasteiger partial charge in [-0.2, -0.15) is 0 Å². The fourth-order valence-corrected chi connectivity index (χ4v) is 4.16. The maximum atomic E-state index is 13.0. The number of rotatable bonds is 6. The van der Waals surface area contributed by atoms with Gasteiger partial charge in [-0.1, -0.05) is 36.4 Å². The van der Waals surface area contributed by atoms with Crippen molar-refractivity contribution in [2.45, 2.75) is 31.1 Å².